The zero-order valence-electron chi connectivity index (χ0n) is 17.8. The molecule has 0 aromatic heterocycles. The van der Waals surface area contributed by atoms with Crippen LogP contribution in [0.25, 0.3) is 0 Å². The van der Waals surface area contributed by atoms with Gasteiger partial charge in [0.1, 0.15) is 6.04 Å². The molecule has 2 amide bonds. The number of aryl methyl sites for hydroxylation is 1. The van der Waals surface area contributed by atoms with Crippen molar-refractivity contribution in [3.63, 3.8) is 0 Å². The molecule has 0 bridgehead atoms. The third kappa shape index (κ3) is 3.92. The number of carbonyl (C=O) groups excluding carboxylic acids is 2. The maximum atomic E-state index is 13.2. The van der Waals surface area contributed by atoms with Crippen LogP contribution in [0.2, 0.25) is 0 Å². The van der Waals surface area contributed by atoms with Crippen LogP contribution in [0.1, 0.15) is 24.0 Å². The van der Waals surface area contributed by atoms with Crippen molar-refractivity contribution in [2.45, 2.75) is 37.6 Å². The molecule has 0 spiro atoms. The fraction of sp³-hybridized carbons (Fsp3) is 0.391. The van der Waals surface area contributed by atoms with E-state index in [0.717, 1.165) is 9.99 Å². The van der Waals surface area contributed by atoms with Crippen molar-refractivity contribution in [3.8, 4) is 0 Å². The summed E-state index contributed by atoms with van der Waals surface area (Å²) in [5.41, 5.74) is 3.61. The second kappa shape index (κ2) is 8.34. The molecule has 2 fully saturated rings. The molecule has 2 heterocycles. The zero-order chi connectivity index (χ0) is 22.2. The van der Waals surface area contributed by atoms with Gasteiger partial charge in [-0.2, -0.15) is 0 Å². The minimum Gasteiger partial charge on any atom is -0.368 e. The smallest absolute Gasteiger partial charge is 0.267 e. The van der Waals surface area contributed by atoms with E-state index in [-0.39, 0.29) is 23.6 Å². The summed E-state index contributed by atoms with van der Waals surface area (Å²) in [7, 11) is -4.06. The van der Waals surface area contributed by atoms with Crippen molar-refractivity contribution < 1.29 is 18.0 Å². The molecule has 2 saturated heterocycles. The second-order valence-electron chi connectivity index (χ2n) is 8.09. The molecular formula is C23H27N3O4S. The summed E-state index contributed by atoms with van der Waals surface area (Å²) in [4.78, 5) is 29.7. The van der Waals surface area contributed by atoms with E-state index in [0.29, 0.717) is 26.2 Å². The van der Waals surface area contributed by atoms with E-state index in [1.54, 1.807) is 23.1 Å². The van der Waals surface area contributed by atoms with Gasteiger partial charge in [-0.05, 0) is 49.6 Å². The average molecular weight is 442 g/mol. The minimum atomic E-state index is -4.06. The number of hydrogen-bond acceptors (Lipinski definition) is 5. The van der Waals surface area contributed by atoms with Crippen LogP contribution in [0, 0.1) is 13.8 Å². The fourth-order valence-corrected chi connectivity index (χ4v) is 5.97. The molecule has 8 heteroatoms. The Hall–Kier alpha value is -2.87. The largest absolute Gasteiger partial charge is 0.368 e. The molecule has 0 radical (unpaired) electrons. The van der Waals surface area contributed by atoms with Gasteiger partial charge in [0.05, 0.1) is 4.90 Å². The highest BCUT2D eigenvalue weighted by molar-refractivity contribution is 7.89. The van der Waals surface area contributed by atoms with E-state index in [9.17, 15) is 18.0 Å². The minimum absolute atomic E-state index is 0.0304. The third-order valence-electron chi connectivity index (χ3n) is 6.25. The Labute approximate surface area is 183 Å². The highest BCUT2D eigenvalue weighted by Crippen LogP contribution is 2.29. The fourth-order valence-electron chi connectivity index (χ4n) is 4.35. The van der Waals surface area contributed by atoms with Gasteiger partial charge in [0.15, 0.2) is 0 Å². The summed E-state index contributed by atoms with van der Waals surface area (Å²) in [5, 5.41) is 0. The molecule has 2 aromatic carbocycles. The van der Waals surface area contributed by atoms with E-state index < -0.39 is 22.0 Å². The Morgan fingerprint density at radius 2 is 1.61 bits per heavy atom. The number of anilines is 1. The molecular weight excluding hydrogens is 414 g/mol. The van der Waals surface area contributed by atoms with E-state index in [1.807, 2.05) is 6.07 Å². The Morgan fingerprint density at radius 1 is 0.935 bits per heavy atom. The van der Waals surface area contributed by atoms with Crippen molar-refractivity contribution in [2.75, 3.05) is 31.1 Å². The van der Waals surface area contributed by atoms with Crippen molar-refractivity contribution in [2.24, 2.45) is 0 Å². The highest BCUT2D eigenvalue weighted by Gasteiger charge is 2.45. The lowest BCUT2D eigenvalue weighted by Gasteiger charge is -2.38. The summed E-state index contributed by atoms with van der Waals surface area (Å²) >= 11 is 0. The van der Waals surface area contributed by atoms with Gasteiger partial charge in [0.2, 0.25) is 11.8 Å². The molecule has 7 nitrogen and oxygen atoms in total. The van der Waals surface area contributed by atoms with Gasteiger partial charge in [0, 0.05) is 38.3 Å². The first-order valence-electron chi connectivity index (χ1n) is 10.5. The predicted molar refractivity (Wildman–Crippen MR) is 118 cm³/mol. The van der Waals surface area contributed by atoms with Crippen LogP contribution in [0.15, 0.2) is 53.4 Å². The van der Waals surface area contributed by atoms with E-state index in [4.69, 9.17) is 0 Å². The third-order valence-corrected chi connectivity index (χ3v) is 8.10. The number of benzene rings is 2. The van der Waals surface area contributed by atoms with Gasteiger partial charge in [-0.25, -0.2) is 12.7 Å². The van der Waals surface area contributed by atoms with Crippen LogP contribution in [-0.4, -0.2) is 61.7 Å². The number of hydrogen-bond donors (Lipinski definition) is 0. The summed E-state index contributed by atoms with van der Waals surface area (Å²) in [6.45, 7) is 6.51. The normalized spacial score (nSPS) is 19.7. The average Bonchev–Trinajstić information content (AvgIpc) is 3.18. The van der Waals surface area contributed by atoms with E-state index in [1.165, 1.54) is 23.3 Å². The van der Waals surface area contributed by atoms with Crippen molar-refractivity contribution in [1.29, 1.82) is 0 Å². The first kappa shape index (κ1) is 21.4. The first-order chi connectivity index (χ1) is 14.8. The number of rotatable bonds is 4. The van der Waals surface area contributed by atoms with Crippen molar-refractivity contribution >= 4 is 27.5 Å². The van der Waals surface area contributed by atoms with Crippen LogP contribution in [0.3, 0.4) is 0 Å². The molecule has 1 unspecified atom stereocenters. The lowest BCUT2D eigenvalue weighted by atomic mass is 10.1. The van der Waals surface area contributed by atoms with Gasteiger partial charge < -0.3 is 9.80 Å². The molecule has 4 rings (SSSR count). The number of carbonyl (C=O) groups is 2. The first-order valence-corrected chi connectivity index (χ1v) is 12.0. The van der Waals surface area contributed by atoms with Gasteiger partial charge >= 0.3 is 0 Å². The molecule has 0 N–H and O–H groups in total. The van der Waals surface area contributed by atoms with Crippen LogP contribution in [-0.2, 0) is 19.6 Å². The lowest BCUT2D eigenvalue weighted by molar-refractivity contribution is -0.138. The Bertz CT molecular complexity index is 1090. The number of sulfonamides is 1. The molecule has 0 saturated carbocycles. The van der Waals surface area contributed by atoms with Crippen molar-refractivity contribution in [1.82, 2.24) is 9.21 Å². The quantitative estimate of drug-likeness (QED) is 0.728. The highest BCUT2D eigenvalue weighted by atomic mass is 32.2. The molecule has 164 valence electrons. The Morgan fingerprint density at radius 3 is 2.29 bits per heavy atom. The number of nitrogens with zero attached hydrogens (tertiary/aromatic N) is 3. The molecule has 1 atom stereocenters. The predicted octanol–water partition coefficient (Wildman–Crippen LogP) is 2.33. The zero-order valence-corrected chi connectivity index (χ0v) is 18.6. The maximum Gasteiger partial charge on any atom is 0.267 e. The Kier molecular flexibility index (Phi) is 5.75. The van der Waals surface area contributed by atoms with Gasteiger partial charge in [-0.15, -0.1) is 0 Å². The molecule has 0 aliphatic carbocycles. The van der Waals surface area contributed by atoms with E-state index >= 15 is 0 Å². The second-order valence-corrected chi connectivity index (χ2v) is 9.91. The monoisotopic (exact) mass is 441 g/mol. The molecule has 2 aliphatic heterocycles. The summed E-state index contributed by atoms with van der Waals surface area (Å²) in [6, 6.07) is 13.1. The SMILES string of the molecule is Cc1cccc(N2CCN(C(=O)C3CCC(=O)N3S(=O)(=O)c3ccccc3)CC2)c1C. The molecule has 2 aromatic rings. The lowest BCUT2D eigenvalue weighted by Crippen LogP contribution is -2.55. The van der Waals surface area contributed by atoms with Crippen LogP contribution in [0.4, 0.5) is 5.69 Å². The van der Waals surface area contributed by atoms with Crippen LogP contribution < -0.4 is 4.90 Å². The summed E-state index contributed by atoms with van der Waals surface area (Å²) in [6.07, 6.45) is 0.284. The summed E-state index contributed by atoms with van der Waals surface area (Å²) in [5.74, 6) is -0.804. The van der Waals surface area contributed by atoms with Gasteiger partial charge in [-0.1, -0.05) is 30.3 Å². The molecule has 2 aliphatic rings. The van der Waals surface area contributed by atoms with Gasteiger partial charge in [0.25, 0.3) is 10.0 Å². The number of amides is 2. The maximum absolute atomic E-state index is 13.2. The number of piperazine rings is 1. The standard InChI is InChI=1S/C23H27N3O4S/c1-17-7-6-10-20(18(17)2)24-13-15-25(16-14-24)23(28)21-11-12-22(27)26(21)31(29,30)19-8-4-3-5-9-19/h3-10,21H,11-16H2,1-2H3. The van der Waals surface area contributed by atoms with Crippen molar-refractivity contribution in [3.05, 3.63) is 59.7 Å². The van der Waals surface area contributed by atoms with Gasteiger partial charge in [-0.3, -0.25) is 9.59 Å². The van der Waals surface area contributed by atoms with Crippen LogP contribution in [0.5, 0.6) is 0 Å². The molecule has 31 heavy (non-hydrogen) atoms. The Balaban J connectivity index is 1.49. The van der Waals surface area contributed by atoms with E-state index in [2.05, 4.69) is 30.9 Å². The summed E-state index contributed by atoms with van der Waals surface area (Å²) < 4.78 is 27.0. The van der Waals surface area contributed by atoms with Crippen LogP contribution >= 0.6 is 0 Å². The topological polar surface area (TPSA) is 78.0 Å².